The molecule has 0 spiro atoms. The van der Waals surface area contributed by atoms with Crippen LogP contribution >= 0.6 is 0 Å². The van der Waals surface area contributed by atoms with Crippen LogP contribution in [0.4, 0.5) is 0 Å². The Balaban J connectivity index is 1.84. The molecule has 3 aromatic rings. The molecule has 0 aliphatic carbocycles. The third-order valence-corrected chi connectivity index (χ3v) is 5.30. The lowest BCUT2D eigenvalue weighted by Gasteiger charge is -2.25. The molecule has 170 valence electrons. The maximum Gasteiger partial charge on any atom is 0.308 e. The molecule has 0 unspecified atom stereocenters. The average Bonchev–Trinajstić information content (AvgIpc) is 3.18. The number of hydrogen-bond donors (Lipinski definition) is 1. The molecule has 1 amide bonds. The summed E-state index contributed by atoms with van der Waals surface area (Å²) in [7, 11) is 0. The monoisotopic (exact) mass is 434 g/mol. The van der Waals surface area contributed by atoms with Crippen molar-refractivity contribution in [1.82, 2.24) is 9.88 Å². The largest absolute Gasteiger partial charge is 0.460 e. The highest BCUT2D eigenvalue weighted by Crippen LogP contribution is 2.24. The first-order valence-electron chi connectivity index (χ1n) is 11.1. The fraction of sp³-hybridized carbons (Fsp3) is 0.407. The lowest BCUT2D eigenvalue weighted by Crippen LogP contribution is -2.34. The molecule has 1 N–H and O–H groups in total. The van der Waals surface area contributed by atoms with Gasteiger partial charge in [0.2, 0.25) is 0 Å². The molecule has 0 saturated heterocycles. The van der Waals surface area contributed by atoms with Crippen molar-refractivity contribution in [2.75, 3.05) is 6.54 Å². The van der Waals surface area contributed by atoms with Crippen LogP contribution in [0.1, 0.15) is 69.4 Å². The Morgan fingerprint density at radius 1 is 0.938 bits per heavy atom. The van der Waals surface area contributed by atoms with E-state index < -0.39 is 5.60 Å². The first kappa shape index (κ1) is 23.6. The maximum absolute atomic E-state index is 13.5. The van der Waals surface area contributed by atoms with E-state index in [2.05, 4.69) is 50.0 Å². The van der Waals surface area contributed by atoms with Gasteiger partial charge in [-0.25, -0.2) is 0 Å². The lowest BCUT2D eigenvalue weighted by atomic mass is 9.87. The molecule has 1 heterocycles. The van der Waals surface area contributed by atoms with Gasteiger partial charge >= 0.3 is 5.97 Å². The van der Waals surface area contributed by atoms with E-state index in [0.717, 1.165) is 16.5 Å². The zero-order valence-electron chi connectivity index (χ0n) is 20.0. The number of nitrogens with zero attached hydrogens (tertiary/aromatic N) is 1. The number of carbonyl (C=O) groups is 2. The number of nitrogens with one attached hydrogen (secondary N) is 1. The van der Waals surface area contributed by atoms with Crippen molar-refractivity contribution < 1.29 is 14.3 Å². The van der Waals surface area contributed by atoms with Gasteiger partial charge in [0.15, 0.2) is 0 Å². The number of hydrogen-bond acceptors (Lipinski definition) is 3. The molecule has 32 heavy (non-hydrogen) atoms. The molecular formula is C27H34N2O3. The van der Waals surface area contributed by atoms with Gasteiger partial charge in [0.1, 0.15) is 5.60 Å². The number of carbonyl (C=O) groups excluding carboxylic acids is 2. The van der Waals surface area contributed by atoms with Crippen LogP contribution in [-0.4, -0.2) is 33.9 Å². The molecular weight excluding hydrogens is 400 g/mol. The molecule has 0 aliphatic rings. The lowest BCUT2D eigenvalue weighted by molar-refractivity contribution is -0.155. The molecule has 0 radical (unpaired) electrons. The third kappa shape index (κ3) is 6.00. The Kier molecular flexibility index (Phi) is 6.77. The van der Waals surface area contributed by atoms with Gasteiger partial charge in [0, 0.05) is 24.7 Å². The summed E-state index contributed by atoms with van der Waals surface area (Å²) < 4.78 is 5.45. The van der Waals surface area contributed by atoms with Crippen LogP contribution in [0.25, 0.3) is 10.9 Å². The molecule has 0 atom stereocenters. The van der Waals surface area contributed by atoms with Crippen molar-refractivity contribution >= 4 is 22.8 Å². The maximum atomic E-state index is 13.5. The number of aromatic amines is 1. The molecule has 5 heteroatoms. The zero-order valence-corrected chi connectivity index (χ0v) is 20.0. The SMILES string of the molecule is CC(C)(C)OC(=O)CCN(Cc1ccc(C(C)(C)C)cc1)C(=O)c1cccc2cc[nH]c12. The standard InChI is InChI=1S/C27H34N2O3/c1-26(2,3)21-12-10-19(11-13-21)18-29(17-15-23(30)32-27(4,5)6)25(31)22-9-7-8-20-14-16-28-24(20)22/h7-14,16,28H,15,17-18H2,1-6H3. The quantitative estimate of drug-likeness (QED) is 0.496. The topological polar surface area (TPSA) is 62.4 Å². The summed E-state index contributed by atoms with van der Waals surface area (Å²) in [5, 5.41) is 0.984. The first-order chi connectivity index (χ1) is 14.9. The Labute approximate surface area is 190 Å². The zero-order chi connectivity index (χ0) is 23.5. The number of para-hydroxylation sites is 1. The molecule has 3 rings (SSSR count). The Bertz CT molecular complexity index is 1080. The van der Waals surface area contributed by atoms with Crippen LogP contribution in [0.5, 0.6) is 0 Å². The number of rotatable bonds is 6. The number of aromatic nitrogens is 1. The second kappa shape index (κ2) is 9.19. The Morgan fingerprint density at radius 2 is 1.62 bits per heavy atom. The van der Waals surface area contributed by atoms with Gasteiger partial charge in [-0.15, -0.1) is 0 Å². The Morgan fingerprint density at radius 3 is 2.25 bits per heavy atom. The number of ether oxygens (including phenoxy) is 1. The predicted octanol–water partition coefficient (Wildman–Crippen LogP) is 5.84. The van der Waals surface area contributed by atoms with E-state index in [1.807, 2.05) is 51.2 Å². The normalized spacial score (nSPS) is 12.1. The number of esters is 1. The minimum atomic E-state index is -0.551. The molecule has 0 aliphatic heterocycles. The highest BCUT2D eigenvalue weighted by molar-refractivity contribution is 6.05. The van der Waals surface area contributed by atoms with Gasteiger partial charge in [0.05, 0.1) is 17.5 Å². The van der Waals surface area contributed by atoms with E-state index in [0.29, 0.717) is 12.1 Å². The highest BCUT2D eigenvalue weighted by Gasteiger charge is 2.22. The van der Waals surface area contributed by atoms with E-state index in [4.69, 9.17) is 4.74 Å². The van der Waals surface area contributed by atoms with Crippen molar-refractivity contribution in [1.29, 1.82) is 0 Å². The second-order valence-corrected chi connectivity index (χ2v) is 10.3. The van der Waals surface area contributed by atoms with Gasteiger partial charge < -0.3 is 14.6 Å². The number of H-pyrrole nitrogens is 1. The number of amides is 1. The van der Waals surface area contributed by atoms with Gasteiger partial charge in [0.25, 0.3) is 5.91 Å². The summed E-state index contributed by atoms with van der Waals surface area (Å²) in [6.45, 7) is 12.8. The van der Waals surface area contributed by atoms with Gasteiger partial charge in [-0.3, -0.25) is 9.59 Å². The van der Waals surface area contributed by atoms with Crippen LogP contribution in [0, 0.1) is 0 Å². The molecule has 0 fully saturated rings. The van der Waals surface area contributed by atoms with Crippen LogP contribution in [0.15, 0.2) is 54.7 Å². The van der Waals surface area contributed by atoms with Gasteiger partial charge in [-0.1, -0.05) is 57.2 Å². The van der Waals surface area contributed by atoms with E-state index in [1.165, 1.54) is 5.56 Å². The Hall–Kier alpha value is -3.08. The van der Waals surface area contributed by atoms with Gasteiger partial charge in [-0.05, 0) is 49.4 Å². The van der Waals surface area contributed by atoms with Crippen LogP contribution < -0.4 is 0 Å². The van der Waals surface area contributed by atoms with Crippen molar-refractivity contribution in [3.63, 3.8) is 0 Å². The minimum Gasteiger partial charge on any atom is -0.460 e. The molecule has 0 saturated carbocycles. The average molecular weight is 435 g/mol. The number of benzene rings is 2. The minimum absolute atomic E-state index is 0.0635. The fourth-order valence-electron chi connectivity index (χ4n) is 3.64. The predicted molar refractivity (Wildman–Crippen MR) is 129 cm³/mol. The van der Waals surface area contributed by atoms with Crippen LogP contribution in [-0.2, 0) is 21.5 Å². The molecule has 2 aromatic carbocycles. The van der Waals surface area contributed by atoms with E-state index in [1.54, 1.807) is 4.90 Å². The molecule has 1 aromatic heterocycles. The second-order valence-electron chi connectivity index (χ2n) is 10.3. The molecule has 0 bridgehead atoms. The fourth-order valence-corrected chi connectivity index (χ4v) is 3.64. The van der Waals surface area contributed by atoms with Crippen molar-refractivity contribution in [3.8, 4) is 0 Å². The summed E-state index contributed by atoms with van der Waals surface area (Å²) in [5.41, 5.74) is 3.18. The van der Waals surface area contributed by atoms with Crippen molar-refractivity contribution in [3.05, 3.63) is 71.4 Å². The smallest absolute Gasteiger partial charge is 0.308 e. The third-order valence-electron chi connectivity index (χ3n) is 5.30. The van der Waals surface area contributed by atoms with E-state index in [9.17, 15) is 9.59 Å². The van der Waals surface area contributed by atoms with E-state index in [-0.39, 0.29) is 30.3 Å². The van der Waals surface area contributed by atoms with Crippen molar-refractivity contribution in [2.45, 2.75) is 65.5 Å². The molecule has 5 nitrogen and oxygen atoms in total. The highest BCUT2D eigenvalue weighted by atomic mass is 16.6. The summed E-state index contributed by atoms with van der Waals surface area (Å²) in [5.74, 6) is -0.419. The van der Waals surface area contributed by atoms with Crippen LogP contribution in [0.2, 0.25) is 0 Å². The summed E-state index contributed by atoms with van der Waals surface area (Å²) in [6.07, 6.45) is 1.97. The summed E-state index contributed by atoms with van der Waals surface area (Å²) in [4.78, 5) is 30.8. The summed E-state index contributed by atoms with van der Waals surface area (Å²) in [6, 6.07) is 16.0. The first-order valence-corrected chi connectivity index (χ1v) is 11.1. The summed E-state index contributed by atoms with van der Waals surface area (Å²) >= 11 is 0. The van der Waals surface area contributed by atoms with Crippen molar-refractivity contribution in [2.24, 2.45) is 0 Å². The van der Waals surface area contributed by atoms with Gasteiger partial charge in [-0.2, -0.15) is 0 Å². The van der Waals surface area contributed by atoms with E-state index >= 15 is 0 Å². The number of fused-ring (bicyclic) bond motifs is 1. The van der Waals surface area contributed by atoms with Crippen LogP contribution in [0.3, 0.4) is 0 Å².